The molecule has 0 aliphatic heterocycles. The van der Waals surface area contributed by atoms with Crippen LogP contribution in [0.15, 0.2) is 11.6 Å². The Balaban J connectivity index is 3.49. The van der Waals surface area contributed by atoms with Gasteiger partial charge in [0.15, 0.2) is 0 Å². The second kappa shape index (κ2) is 4.85. The highest BCUT2D eigenvalue weighted by atomic mass is 14.5. The van der Waals surface area contributed by atoms with Crippen molar-refractivity contribution in [2.24, 2.45) is 5.73 Å². The van der Waals surface area contributed by atoms with Crippen molar-refractivity contribution in [3.8, 4) is 0 Å². The largest absolute Gasteiger partial charge is 0.327 e. The zero-order valence-electron chi connectivity index (χ0n) is 5.78. The number of nitrogens with two attached hydrogens (primary N) is 1. The second-order valence-corrected chi connectivity index (χ2v) is 1.83. The monoisotopic (exact) mass is 113 g/mol. The predicted octanol–water partition coefficient (Wildman–Crippen LogP) is 1.69. The first-order valence-corrected chi connectivity index (χ1v) is 3.23. The van der Waals surface area contributed by atoms with Crippen LogP contribution in [0, 0.1) is 0 Å². The van der Waals surface area contributed by atoms with Crippen molar-refractivity contribution in [2.45, 2.75) is 26.7 Å². The smallest absolute Gasteiger partial charge is 0.0136 e. The minimum Gasteiger partial charge on any atom is -0.327 e. The van der Waals surface area contributed by atoms with Gasteiger partial charge in [-0.05, 0) is 12.8 Å². The Morgan fingerprint density at radius 2 is 2.12 bits per heavy atom. The minimum absolute atomic E-state index is 0.727. The summed E-state index contributed by atoms with van der Waals surface area (Å²) in [6.45, 7) is 4.99. The molecule has 0 amide bonds. The van der Waals surface area contributed by atoms with Crippen LogP contribution in [0.25, 0.3) is 0 Å². The first kappa shape index (κ1) is 7.70. The molecule has 0 aromatic carbocycles. The van der Waals surface area contributed by atoms with Crippen LogP contribution in [0.4, 0.5) is 0 Å². The molecule has 0 unspecified atom stereocenters. The molecule has 0 aliphatic rings. The fourth-order valence-electron chi connectivity index (χ4n) is 0.661. The highest BCUT2D eigenvalue weighted by Gasteiger charge is 1.84. The maximum absolute atomic E-state index is 5.40. The molecule has 0 radical (unpaired) electrons. The first-order chi connectivity index (χ1) is 3.85. The van der Waals surface area contributed by atoms with Gasteiger partial charge >= 0.3 is 0 Å². The maximum Gasteiger partial charge on any atom is 0.0136 e. The van der Waals surface area contributed by atoms with E-state index in [0.717, 1.165) is 19.4 Å². The SMILES string of the molecule is CCC=C(CC)CN. The summed E-state index contributed by atoms with van der Waals surface area (Å²) in [4.78, 5) is 0. The molecule has 0 saturated heterocycles. The molecule has 0 aliphatic carbocycles. The Bertz CT molecular complexity index is 68.5. The molecule has 0 fully saturated rings. The normalized spacial score (nSPS) is 12.1. The molecule has 48 valence electrons. The van der Waals surface area contributed by atoms with E-state index in [2.05, 4.69) is 19.9 Å². The van der Waals surface area contributed by atoms with Gasteiger partial charge < -0.3 is 5.73 Å². The lowest BCUT2D eigenvalue weighted by atomic mass is 10.2. The summed E-state index contributed by atoms with van der Waals surface area (Å²) in [6, 6.07) is 0. The van der Waals surface area contributed by atoms with Crippen molar-refractivity contribution in [3.63, 3.8) is 0 Å². The van der Waals surface area contributed by atoms with Crippen LogP contribution < -0.4 is 5.73 Å². The summed E-state index contributed by atoms with van der Waals surface area (Å²) in [5, 5.41) is 0. The Morgan fingerprint density at radius 3 is 2.25 bits per heavy atom. The number of rotatable bonds is 3. The van der Waals surface area contributed by atoms with Gasteiger partial charge in [-0.1, -0.05) is 25.5 Å². The van der Waals surface area contributed by atoms with E-state index >= 15 is 0 Å². The lowest BCUT2D eigenvalue weighted by Gasteiger charge is -1.95. The number of allylic oxidation sites excluding steroid dienone is 1. The molecule has 0 heterocycles. The topological polar surface area (TPSA) is 26.0 Å². The van der Waals surface area contributed by atoms with Gasteiger partial charge in [0.05, 0.1) is 0 Å². The maximum atomic E-state index is 5.40. The van der Waals surface area contributed by atoms with Gasteiger partial charge in [-0.15, -0.1) is 0 Å². The van der Waals surface area contributed by atoms with Gasteiger partial charge in [-0.2, -0.15) is 0 Å². The predicted molar refractivity (Wildman–Crippen MR) is 37.7 cm³/mol. The average molecular weight is 113 g/mol. The van der Waals surface area contributed by atoms with E-state index in [9.17, 15) is 0 Å². The van der Waals surface area contributed by atoms with Gasteiger partial charge in [0, 0.05) is 6.54 Å². The molecular weight excluding hydrogens is 98.1 g/mol. The molecule has 8 heavy (non-hydrogen) atoms. The molecular formula is C7H15N. The van der Waals surface area contributed by atoms with E-state index in [0.29, 0.717) is 0 Å². The van der Waals surface area contributed by atoms with E-state index in [-0.39, 0.29) is 0 Å². The molecule has 0 spiro atoms. The van der Waals surface area contributed by atoms with Gasteiger partial charge in [-0.3, -0.25) is 0 Å². The fraction of sp³-hybridized carbons (Fsp3) is 0.714. The quantitative estimate of drug-likeness (QED) is 0.554. The lowest BCUT2D eigenvalue weighted by molar-refractivity contribution is 0.983. The Labute approximate surface area is 51.6 Å². The van der Waals surface area contributed by atoms with Crippen molar-refractivity contribution in [2.75, 3.05) is 6.54 Å². The van der Waals surface area contributed by atoms with Crippen LogP contribution in [0.2, 0.25) is 0 Å². The second-order valence-electron chi connectivity index (χ2n) is 1.83. The van der Waals surface area contributed by atoms with Gasteiger partial charge in [0.25, 0.3) is 0 Å². The zero-order valence-corrected chi connectivity index (χ0v) is 5.78. The van der Waals surface area contributed by atoms with Crippen molar-refractivity contribution >= 4 is 0 Å². The Kier molecular flexibility index (Phi) is 4.67. The van der Waals surface area contributed by atoms with E-state index in [1.165, 1.54) is 5.57 Å². The zero-order chi connectivity index (χ0) is 6.41. The molecule has 0 aromatic heterocycles. The summed E-state index contributed by atoms with van der Waals surface area (Å²) in [6.07, 6.45) is 4.41. The van der Waals surface area contributed by atoms with Gasteiger partial charge in [-0.25, -0.2) is 0 Å². The third-order valence-electron chi connectivity index (χ3n) is 1.21. The van der Waals surface area contributed by atoms with Crippen LogP contribution in [0.3, 0.4) is 0 Å². The van der Waals surface area contributed by atoms with E-state index in [1.54, 1.807) is 0 Å². The molecule has 1 heteroatoms. The molecule has 0 rings (SSSR count). The van der Waals surface area contributed by atoms with Gasteiger partial charge in [0.2, 0.25) is 0 Å². The summed E-state index contributed by atoms with van der Waals surface area (Å²) >= 11 is 0. The highest BCUT2D eigenvalue weighted by Crippen LogP contribution is 1.97. The highest BCUT2D eigenvalue weighted by molar-refractivity contribution is 5.01. The van der Waals surface area contributed by atoms with Gasteiger partial charge in [0.1, 0.15) is 0 Å². The molecule has 2 N–H and O–H groups in total. The van der Waals surface area contributed by atoms with Crippen molar-refractivity contribution in [1.29, 1.82) is 0 Å². The Hall–Kier alpha value is -0.300. The van der Waals surface area contributed by atoms with Crippen LogP contribution in [0.1, 0.15) is 26.7 Å². The number of hydrogen-bond acceptors (Lipinski definition) is 1. The van der Waals surface area contributed by atoms with Crippen molar-refractivity contribution in [1.82, 2.24) is 0 Å². The molecule has 0 bridgehead atoms. The first-order valence-electron chi connectivity index (χ1n) is 3.23. The lowest BCUT2D eigenvalue weighted by Crippen LogP contribution is -2.01. The van der Waals surface area contributed by atoms with E-state index in [4.69, 9.17) is 5.73 Å². The van der Waals surface area contributed by atoms with E-state index < -0.39 is 0 Å². The van der Waals surface area contributed by atoms with Crippen LogP contribution in [-0.2, 0) is 0 Å². The molecule has 0 saturated carbocycles. The number of hydrogen-bond donors (Lipinski definition) is 1. The summed E-state index contributed by atoms with van der Waals surface area (Å²) in [7, 11) is 0. The standard InChI is InChI=1S/C7H15N/c1-3-5-7(4-2)6-8/h5H,3-4,6,8H2,1-2H3. The minimum atomic E-state index is 0.727. The third kappa shape index (κ3) is 2.80. The third-order valence-corrected chi connectivity index (χ3v) is 1.21. The van der Waals surface area contributed by atoms with Crippen LogP contribution in [0.5, 0.6) is 0 Å². The molecule has 0 aromatic rings. The average Bonchev–Trinajstić information content (AvgIpc) is 1.83. The van der Waals surface area contributed by atoms with Crippen molar-refractivity contribution in [3.05, 3.63) is 11.6 Å². The van der Waals surface area contributed by atoms with E-state index in [1.807, 2.05) is 0 Å². The fourth-order valence-corrected chi connectivity index (χ4v) is 0.661. The van der Waals surface area contributed by atoms with Crippen molar-refractivity contribution < 1.29 is 0 Å². The molecule has 0 atom stereocenters. The Morgan fingerprint density at radius 1 is 1.50 bits per heavy atom. The summed E-state index contributed by atoms with van der Waals surface area (Å²) in [5.41, 5.74) is 6.77. The van der Waals surface area contributed by atoms with Crippen LogP contribution in [-0.4, -0.2) is 6.54 Å². The summed E-state index contributed by atoms with van der Waals surface area (Å²) in [5.74, 6) is 0. The van der Waals surface area contributed by atoms with Crippen LogP contribution >= 0.6 is 0 Å². The molecule has 1 nitrogen and oxygen atoms in total. The summed E-state index contributed by atoms with van der Waals surface area (Å²) < 4.78 is 0.